The number of sulfone groups is 1. The standard InChI is InChI=1S/C20H23N5O5S3/c1-4-30-18(27)9-14-10-31-19(21-14)22-17(26)11-32-20-24-23-16(25(20)3)12-33(28,29)15-7-5-13(2)6-8-15/h5-8,10H,4,9,11-12H2,1-3H3,(H,21,22,26). The second-order valence-corrected chi connectivity index (χ2v) is 10.8. The molecule has 0 aliphatic carbocycles. The van der Waals surface area contributed by atoms with Gasteiger partial charge in [0.1, 0.15) is 11.6 Å². The van der Waals surface area contributed by atoms with Gasteiger partial charge >= 0.3 is 5.97 Å². The van der Waals surface area contributed by atoms with Gasteiger partial charge in [0.2, 0.25) is 5.91 Å². The molecule has 2 heterocycles. The first-order valence-corrected chi connectivity index (χ1v) is 13.4. The van der Waals surface area contributed by atoms with E-state index < -0.39 is 9.84 Å². The molecule has 1 N–H and O–H groups in total. The number of benzene rings is 1. The molecular formula is C20H23N5O5S3. The molecule has 13 heteroatoms. The molecule has 0 aliphatic heterocycles. The number of nitrogens with one attached hydrogen (secondary N) is 1. The summed E-state index contributed by atoms with van der Waals surface area (Å²) in [7, 11) is -1.92. The maximum atomic E-state index is 12.7. The minimum absolute atomic E-state index is 0.0312. The molecule has 0 radical (unpaired) electrons. The molecule has 0 fully saturated rings. The number of ether oxygens (including phenoxy) is 1. The van der Waals surface area contributed by atoms with E-state index in [0.29, 0.717) is 22.6 Å². The van der Waals surface area contributed by atoms with Crippen LogP contribution >= 0.6 is 23.1 Å². The summed E-state index contributed by atoms with van der Waals surface area (Å²) in [6.07, 6.45) is 0.0438. The number of anilines is 1. The predicted molar refractivity (Wildman–Crippen MR) is 125 cm³/mol. The lowest BCUT2D eigenvalue weighted by Gasteiger charge is -2.06. The van der Waals surface area contributed by atoms with Crippen molar-refractivity contribution >= 4 is 49.9 Å². The molecule has 1 aromatic carbocycles. The fraction of sp³-hybridized carbons (Fsp3) is 0.350. The molecule has 3 rings (SSSR count). The Balaban J connectivity index is 1.55. The highest BCUT2D eigenvalue weighted by molar-refractivity contribution is 7.99. The summed E-state index contributed by atoms with van der Waals surface area (Å²) in [4.78, 5) is 28.2. The van der Waals surface area contributed by atoms with Crippen molar-refractivity contribution in [1.29, 1.82) is 0 Å². The largest absolute Gasteiger partial charge is 0.466 e. The average molecular weight is 510 g/mol. The fourth-order valence-electron chi connectivity index (χ4n) is 2.69. The van der Waals surface area contributed by atoms with Gasteiger partial charge in [-0.15, -0.1) is 21.5 Å². The van der Waals surface area contributed by atoms with Crippen LogP contribution in [0, 0.1) is 6.92 Å². The molecular weight excluding hydrogens is 486 g/mol. The number of nitrogens with zero attached hydrogens (tertiary/aromatic N) is 4. The third kappa shape index (κ3) is 6.85. The number of amides is 1. The van der Waals surface area contributed by atoms with Crippen LogP contribution in [0.15, 0.2) is 39.7 Å². The Kier molecular flexibility index (Phi) is 8.21. The smallest absolute Gasteiger partial charge is 0.311 e. The van der Waals surface area contributed by atoms with Crippen molar-refractivity contribution in [1.82, 2.24) is 19.7 Å². The van der Waals surface area contributed by atoms with Crippen molar-refractivity contribution in [3.05, 3.63) is 46.7 Å². The Morgan fingerprint density at radius 2 is 1.94 bits per heavy atom. The highest BCUT2D eigenvalue weighted by Gasteiger charge is 2.21. The van der Waals surface area contributed by atoms with Crippen molar-refractivity contribution < 1.29 is 22.7 Å². The van der Waals surface area contributed by atoms with Gasteiger partial charge in [-0.2, -0.15) is 0 Å². The SMILES string of the molecule is CCOC(=O)Cc1csc(NC(=O)CSc2nnc(CS(=O)(=O)c3ccc(C)cc3)n2C)n1. The summed E-state index contributed by atoms with van der Waals surface area (Å²) in [5.74, 6) is -0.674. The first kappa shape index (κ1) is 24.9. The molecule has 0 saturated heterocycles. The molecule has 0 spiro atoms. The van der Waals surface area contributed by atoms with Crippen LogP contribution in [0.3, 0.4) is 0 Å². The second kappa shape index (κ2) is 10.9. The van der Waals surface area contributed by atoms with Crippen LogP contribution in [0.5, 0.6) is 0 Å². The van der Waals surface area contributed by atoms with E-state index in [4.69, 9.17) is 4.74 Å². The maximum Gasteiger partial charge on any atom is 0.311 e. The van der Waals surface area contributed by atoms with Gasteiger partial charge in [0, 0.05) is 12.4 Å². The molecule has 33 heavy (non-hydrogen) atoms. The highest BCUT2D eigenvalue weighted by atomic mass is 32.2. The van der Waals surface area contributed by atoms with Crippen LogP contribution in [0.2, 0.25) is 0 Å². The number of aryl methyl sites for hydroxylation is 1. The van der Waals surface area contributed by atoms with Crippen LogP contribution in [0.1, 0.15) is 24.0 Å². The third-order valence-corrected chi connectivity index (χ3v) is 7.84. The van der Waals surface area contributed by atoms with Gasteiger partial charge in [-0.25, -0.2) is 13.4 Å². The minimum Gasteiger partial charge on any atom is -0.466 e. The van der Waals surface area contributed by atoms with Gasteiger partial charge in [-0.05, 0) is 26.0 Å². The number of aromatic nitrogens is 4. The fourth-order valence-corrected chi connectivity index (χ4v) is 5.45. The van der Waals surface area contributed by atoms with E-state index in [0.717, 1.165) is 17.3 Å². The summed E-state index contributed by atoms with van der Waals surface area (Å²) < 4.78 is 31.8. The van der Waals surface area contributed by atoms with E-state index in [1.165, 1.54) is 11.3 Å². The normalized spacial score (nSPS) is 11.4. The average Bonchev–Trinajstić information content (AvgIpc) is 3.33. The zero-order chi connectivity index (χ0) is 24.0. The van der Waals surface area contributed by atoms with E-state index in [1.54, 1.807) is 48.2 Å². The van der Waals surface area contributed by atoms with Crippen molar-refractivity contribution in [2.45, 2.75) is 36.1 Å². The van der Waals surface area contributed by atoms with E-state index >= 15 is 0 Å². The number of thioether (sulfide) groups is 1. The predicted octanol–water partition coefficient (Wildman–Crippen LogP) is 2.39. The number of esters is 1. The van der Waals surface area contributed by atoms with Gasteiger partial charge < -0.3 is 14.6 Å². The number of hydrogen-bond acceptors (Lipinski definition) is 10. The first-order valence-electron chi connectivity index (χ1n) is 9.88. The van der Waals surface area contributed by atoms with Gasteiger partial charge in [0.15, 0.2) is 20.1 Å². The molecule has 3 aromatic rings. The summed E-state index contributed by atoms with van der Waals surface area (Å²) in [5.41, 5.74) is 1.49. The quantitative estimate of drug-likeness (QED) is 0.323. The van der Waals surface area contributed by atoms with E-state index in [-0.39, 0.29) is 40.5 Å². The lowest BCUT2D eigenvalue weighted by atomic mass is 10.2. The van der Waals surface area contributed by atoms with Crippen LogP contribution < -0.4 is 5.32 Å². The summed E-state index contributed by atoms with van der Waals surface area (Å²) >= 11 is 2.34. The van der Waals surface area contributed by atoms with Crippen LogP contribution in [-0.4, -0.2) is 52.4 Å². The summed E-state index contributed by atoms with van der Waals surface area (Å²) in [6.45, 7) is 3.91. The molecule has 2 aromatic heterocycles. The summed E-state index contributed by atoms with van der Waals surface area (Å²) in [6, 6.07) is 6.62. The lowest BCUT2D eigenvalue weighted by Crippen LogP contribution is -2.15. The Morgan fingerprint density at radius 1 is 1.21 bits per heavy atom. The minimum atomic E-state index is -3.57. The molecule has 0 saturated carbocycles. The molecule has 10 nitrogen and oxygen atoms in total. The van der Waals surface area contributed by atoms with Crippen LogP contribution in [-0.2, 0) is 43.4 Å². The Morgan fingerprint density at radius 3 is 2.64 bits per heavy atom. The molecule has 0 unspecified atom stereocenters. The second-order valence-electron chi connectivity index (χ2n) is 6.99. The van der Waals surface area contributed by atoms with E-state index in [2.05, 4.69) is 20.5 Å². The Labute approximate surface area is 199 Å². The van der Waals surface area contributed by atoms with Gasteiger partial charge in [-0.1, -0.05) is 29.5 Å². The van der Waals surface area contributed by atoms with Gasteiger partial charge in [0.05, 0.1) is 29.4 Å². The van der Waals surface area contributed by atoms with Crippen molar-refractivity contribution in [3.63, 3.8) is 0 Å². The van der Waals surface area contributed by atoms with Crippen molar-refractivity contribution in [2.75, 3.05) is 17.7 Å². The van der Waals surface area contributed by atoms with Crippen LogP contribution in [0.25, 0.3) is 0 Å². The van der Waals surface area contributed by atoms with Gasteiger partial charge in [0.25, 0.3) is 0 Å². The Bertz CT molecular complexity index is 1240. The van der Waals surface area contributed by atoms with E-state index in [1.807, 2.05) is 6.92 Å². The first-order chi connectivity index (χ1) is 15.7. The number of carbonyl (C=O) groups excluding carboxylic acids is 2. The molecule has 0 bridgehead atoms. The number of carbonyl (C=O) groups is 2. The number of hydrogen-bond donors (Lipinski definition) is 1. The van der Waals surface area contributed by atoms with Gasteiger partial charge in [-0.3, -0.25) is 9.59 Å². The topological polar surface area (TPSA) is 133 Å². The Hall–Kier alpha value is -2.77. The molecule has 0 aliphatic rings. The zero-order valence-electron chi connectivity index (χ0n) is 18.3. The van der Waals surface area contributed by atoms with Crippen LogP contribution in [0.4, 0.5) is 5.13 Å². The molecule has 176 valence electrons. The third-order valence-electron chi connectivity index (χ3n) is 4.39. The number of thiazole rings is 1. The zero-order valence-corrected chi connectivity index (χ0v) is 20.7. The van der Waals surface area contributed by atoms with Crippen molar-refractivity contribution in [3.8, 4) is 0 Å². The molecule has 0 atom stereocenters. The van der Waals surface area contributed by atoms with E-state index in [9.17, 15) is 18.0 Å². The van der Waals surface area contributed by atoms with Crippen molar-refractivity contribution in [2.24, 2.45) is 7.05 Å². The highest BCUT2D eigenvalue weighted by Crippen LogP contribution is 2.21. The molecule has 1 amide bonds. The maximum absolute atomic E-state index is 12.7. The number of rotatable bonds is 10. The lowest BCUT2D eigenvalue weighted by molar-refractivity contribution is -0.142. The monoisotopic (exact) mass is 509 g/mol. The summed E-state index contributed by atoms with van der Waals surface area (Å²) in [5, 5.41) is 13.1.